The second kappa shape index (κ2) is 5.65. The number of hydrogen-bond acceptors (Lipinski definition) is 2. The zero-order valence-electron chi connectivity index (χ0n) is 7.69. The van der Waals surface area contributed by atoms with Crippen LogP contribution in [0, 0.1) is 12.3 Å². The normalized spacial score (nSPS) is 8.79. The number of ether oxygens (including phenoxy) is 1. The molecule has 0 aliphatic carbocycles. The number of carbonyl (C=O) groups is 1. The standard InChI is InChI=1S/C11H11NO2/c1-2-8-14-11(13)12-9-10-6-4-3-5-7-10/h1,3-7H,8-9H2,(H,12,13). The summed E-state index contributed by atoms with van der Waals surface area (Å²) in [6.07, 6.45) is 4.44. The minimum absolute atomic E-state index is 0.000618. The van der Waals surface area contributed by atoms with E-state index in [1.54, 1.807) is 0 Å². The summed E-state index contributed by atoms with van der Waals surface area (Å²) in [7, 11) is 0. The quantitative estimate of drug-likeness (QED) is 0.732. The van der Waals surface area contributed by atoms with Crippen molar-refractivity contribution in [2.75, 3.05) is 6.61 Å². The fourth-order valence-corrected chi connectivity index (χ4v) is 0.928. The van der Waals surface area contributed by atoms with Gasteiger partial charge in [-0.2, -0.15) is 0 Å². The van der Waals surface area contributed by atoms with Crippen LogP contribution in [0.1, 0.15) is 5.56 Å². The van der Waals surface area contributed by atoms with Gasteiger partial charge in [-0.3, -0.25) is 0 Å². The Morgan fingerprint density at radius 2 is 2.14 bits per heavy atom. The van der Waals surface area contributed by atoms with E-state index in [9.17, 15) is 4.79 Å². The van der Waals surface area contributed by atoms with Gasteiger partial charge < -0.3 is 10.1 Å². The molecule has 0 spiro atoms. The van der Waals surface area contributed by atoms with Crippen molar-refractivity contribution in [1.29, 1.82) is 0 Å². The molecular formula is C11H11NO2. The van der Waals surface area contributed by atoms with Gasteiger partial charge in [0.1, 0.15) is 0 Å². The van der Waals surface area contributed by atoms with Gasteiger partial charge in [0.15, 0.2) is 6.61 Å². The van der Waals surface area contributed by atoms with E-state index in [0.29, 0.717) is 6.54 Å². The number of benzene rings is 1. The Balaban J connectivity index is 2.28. The van der Waals surface area contributed by atoms with E-state index in [2.05, 4.69) is 16.0 Å². The monoisotopic (exact) mass is 189 g/mol. The van der Waals surface area contributed by atoms with Crippen LogP contribution in [0.4, 0.5) is 4.79 Å². The van der Waals surface area contributed by atoms with Crippen LogP contribution in [0.25, 0.3) is 0 Å². The zero-order valence-corrected chi connectivity index (χ0v) is 7.69. The Bertz CT molecular complexity index is 327. The van der Waals surface area contributed by atoms with Crippen molar-refractivity contribution in [2.24, 2.45) is 0 Å². The summed E-state index contributed by atoms with van der Waals surface area (Å²) in [5.41, 5.74) is 1.02. The van der Waals surface area contributed by atoms with Gasteiger partial charge >= 0.3 is 6.09 Å². The summed E-state index contributed by atoms with van der Waals surface area (Å²) < 4.78 is 4.63. The van der Waals surface area contributed by atoms with Gasteiger partial charge in [0.25, 0.3) is 0 Å². The smallest absolute Gasteiger partial charge is 0.408 e. The lowest BCUT2D eigenvalue weighted by Gasteiger charge is -2.04. The molecule has 0 unspecified atom stereocenters. The van der Waals surface area contributed by atoms with Crippen LogP contribution in [0.5, 0.6) is 0 Å². The van der Waals surface area contributed by atoms with Crippen molar-refractivity contribution in [1.82, 2.24) is 5.32 Å². The Labute approximate surface area is 83.1 Å². The maximum absolute atomic E-state index is 10.9. The Morgan fingerprint density at radius 1 is 1.43 bits per heavy atom. The number of hydrogen-bond donors (Lipinski definition) is 1. The van der Waals surface area contributed by atoms with Crippen LogP contribution in [0.3, 0.4) is 0 Å². The molecule has 3 heteroatoms. The van der Waals surface area contributed by atoms with Crippen LogP contribution in [0.2, 0.25) is 0 Å². The topological polar surface area (TPSA) is 38.3 Å². The summed E-state index contributed by atoms with van der Waals surface area (Å²) >= 11 is 0. The Hall–Kier alpha value is -1.95. The lowest BCUT2D eigenvalue weighted by atomic mass is 10.2. The van der Waals surface area contributed by atoms with Crippen molar-refractivity contribution in [3.8, 4) is 12.3 Å². The molecule has 3 nitrogen and oxygen atoms in total. The molecule has 14 heavy (non-hydrogen) atoms. The summed E-state index contributed by atoms with van der Waals surface area (Å²) in [5, 5.41) is 2.58. The third-order valence-electron chi connectivity index (χ3n) is 1.57. The molecule has 0 heterocycles. The van der Waals surface area contributed by atoms with Crippen molar-refractivity contribution in [2.45, 2.75) is 6.54 Å². The van der Waals surface area contributed by atoms with Gasteiger partial charge in [0, 0.05) is 6.54 Å². The van der Waals surface area contributed by atoms with E-state index in [1.807, 2.05) is 30.3 Å². The number of amides is 1. The van der Waals surface area contributed by atoms with Crippen LogP contribution < -0.4 is 5.32 Å². The molecule has 1 aromatic carbocycles. The number of rotatable bonds is 3. The van der Waals surface area contributed by atoms with E-state index in [0.717, 1.165) is 5.56 Å². The lowest BCUT2D eigenvalue weighted by molar-refractivity contribution is 0.159. The molecule has 1 amide bonds. The number of alkyl carbamates (subject to hydrolysis) is 1. The van der Waals surface area contributed by atoms with Gasteiger partial charge in [0.05, 0.1) is 0 Å². The fraction of sp³-hybridized carbons (Fsp3) is 0.182. The molecule has 0 saturated heterocycles. The molecular weight excluding hydrogens is 178 g/mol. The average molecular weight is 189 g/mol. The average Bonchev–Trinajstić information content (AvgIpc) is 2.25. The summed E-state index contributed by atoms with van der Waals surface area (Å²) in [6, 6.07) is 9.57. The highest BCUT2D eigenvalue weighted by atomic mass is 16.5. The van der Waals surface area contributed by atoms with Crippen molar-refractivity contribution in [3.63, 3.8) is 0 Å². The Morgan fingerprint density at radius 3 is 2.79 bits per heavy atom. The molecule has 0 aliphatic rings. The fourth-order valence-electron chi connectivity index (χ4n) is 0.928. The summed E-state index contributed by atoms with van der Waals surface area (Å²) in [5.74, 6) is 2.21. The van der Waals surface area contributed by atoms with Gasteiger partial charge in [-0.25, -0.2) is 4.79 Å². The highest BCUT2D eigenvalue weighted by molar-refractivity contribution is 5.67. The number of carbonyl (C=O) groups excluding carboxylic acids is 1. The minimum atomic E-state index is -0.494. The van der Waals surface area contributed by atoms with Gasteiger partial charge in [0.2, 0.25) is 0 Å². The van der Waals surface area contributed by atoms with E-state index in [4.69, 9.17) is 6.42 Å². The molecule has 1 N–H and O–H groups in total. The second-order valence-corrected chi connectivity index (χ2v) is 2.62. The zero-order chi connectivity index (χ0) is 10.2. The molecule has 0 fully saturated rings. The van der Waals surface area contributed by atoms with E-state index >= 15 is 0 Å². The Kier molecular flexibility index (Phi) is 4.09. The SMILES string of the molecule is C#CCOC(=O)NCc1ccccc1. The molecule has 0 aromatic heterocycles. The van der Waals surface area contributed by atoms with E-state index < -0.39 is 6.09 Å². The number of nitrogens with one attached hydrogen (secondary N) is 1. The van der Waals surface area contributed by atoms with Crippen LogP contribution in [-0.2, 0) is 11.3 Å². The molecule has 1 rings (SSSR count). The molecule has 0 radical (unpaired) electrons. The first-order valence-electron chi connectivity index (χ1n) is 4.21. The predicted molar refractivity (Wildman–Crippen MR) is 53.5 cm³/mol. The largest absolute Gasteiger partial charge is 0.436 e. The molecule has 0 saturated carbocycles. The van der Waals surface area contributed by atoms with Crippen LogP contribution in [-0.4, -0.2) is 12.7 Å². The summed E-state index contributed by atoms with van der Waals surface area (Å²) in [4.78, 5) is 10.9. The molecule has 0 aliphatic heterocycles. The lowest BCUT2D eigenvalue weighted by Crippen LogP contribution is -2.23. The van der Waals surface area contributed by atoms with Crippen molar-refractivity contribution < 1.29 is 9.53 Å². The molecule has 0 bridgehead atoms. The first kappa shape index (κ1) is 10.1. The first-order valence-corrected chi connectivity index (χ1v) is 4.21. The second-order valence-electron chi connectivity index (χ2n) is 2.62. The predicted octanol–water partition coefficient (Wildman–Crippen LogP) is 1.55. The van der Waals surface area contributed by atoms with Gasteiger partial charge in [-0.1, -0.05) is 36.3 Å². The number of terminal acetylenes is 1. The highest BCUT2D eigenvalue weighted by Gasteiger charge is 1.99. The van der Waals surface area contributed by atoms with Crippen molar-refractivity contribution >= 4 is 6.09 Å². The molecule has 72 valence electrons. The highest BCUT2D eigenvalue weighted by Crippen LogP contribution is 1.97. The maximum atomic E-state index is 10.9. The van der Waals surface area contributed by atoms with Gasteiger partial charge in [-0.15, -0.1) is 6.42 Å². The maximum Gasteiger partial charge on any atom is 0.408 e. The third kappa shape index (κ3) is 3.63. The van der Waals surface area contributed by atoms with E-state index in [1.165, 1.54) is 0 Å². The summed E-state index contributed by atoms with van der Waals surface area (Å²) in [6.45, 7) is 0.449. The molecule has 0 atom stereocenters. The van der Waals surface area contributed by atoms with Gasteiger partial charge in [-0.05, 0) is 5.56 Å². The third-order valence-corrected chi connectivity index (χ3v) is 1.57. The van der Waals surface area contributed by atoms with E-state index in [-0.39, 0.29) is 6.61 Å². The van der Waals surface area contributed by atoms with Crippen LogP contribution in [0.15, 0.2) is 30.3 Å². The molecule has 1 aromatic rings. The van der Waals surface area contributed by atoms with Crippen LogP contribution >= 0.6 is 0 Å². The van der Waals surface area contributed by atoms with Crippen molar-refractivity contribution in [3.05, 3.63) is 35.9 Å². The first-order chi connectivity index (χ1) is 6.83. The minimum Gasteiger partial charge on any atom is -0.436 e.